The summed E-state index contributed by atoms with van der Waals surface area (Å²) in [6, 6.07) is 8.43. The van der Waals surface area contributed by atoms with Crippen molar-refractivity contribution in [1.82, 2.24) is 4.98 Å². The van der Waals surface area contributed by atoms with E-state index in [1.807, 2.05) is 6.07 Å². The highest BCUT2D eigenvalue weighted by Gasteiger charge is 2.20. The SMILES string of the molecule is CC(N)c1c2c(nc3ccccc13)CCC2. The van der Waals surface area contributed by atoms with Crippen LogP contribution in [0.2, 0.25) is 0 Å². The van der Waals surface area contributed by atoms with Gasteiger partial charge in [-0.1, -0.05) is 18.2 Å². The number of nitrogens with zero attached hydrogens (tertiary/aromatic N) is 1. The molecule has 0 bridgehead atoms. The third kappa shape index (κ3) is 1.34. The molecule has 3 rings (SSSR count). The number of aryl methyl sites for hydroxylation is 1. The second-order valence-corrected chi connectivity index (χ2v) is 4.61. The zero-order valence-electron chi connectivity index (χ0n) is 9.53. The fraction of sp³-hybridized carbons (Fsp3) is 0.357. The average molecular weight is 212 g/mol. The Kier molecular flexibility index (Phi) is 2.18. The second-order valence-electron chi connectivity index (χ2n) is 4.61. The maximum absolute atomic E-state index is 6.13. The highest BCUT2D eigenvalue weighted by atomic mass is 14.7. The number of hydrogen-bond donors (Lipinski definition) is 1. The predicted octanol–water partition coefficient (Wildman–Crippen LogP) is 2.74. The first-order valence-corrected chi connectivity index (χ1v) is 5.93. The van der Waals surface area contributed by atoms with Crippen molar-refractivity contribution in [3.8, 4) is 0 Å². The lowest BCUT2D eigenvalue weighted by atomic mass is 9.96. The monoisotopic (exact) mass is 212 g/mol. The van der Waals surface area contributed by atoms with E-state index in [0.717, 1.165) is 18.4 Å². The van der Waals surface area contributed by atoms with Gasteiger partial charge in [0.2, 0.25) is 0 Å². The molecule has 0 amide bonds. The van der Waals surface area contributed by atoms with Gasteiger partial charge in [0.15, 0.2) is 0 Å². The first-order valence-electron chi connectivity index (χ1n) is 5.93. The standard InChI is InChI=1S/C14H16N2/c1-9(15)14-10-5-2-3-7-12(10)16-13-8-4-6-11(13)14/h2-3,5,7,9H,4,6,8,15H2,1H3. The summed E-state index contributed by atoms with van der Waals surface area (Å²) in [6.07, 6.45) is 3.47. The zero-order chi connectivity index (χ0) is 11.1. The molecular weight excluding hydrogens is 196 g/mol. The highest BCUT2D eigenvalue weighted by molar-refractivity contribution is 5.84. The highest BCUT2D eigenvalue weighted by Crippen LogP contribution is 2.32. The van der Waals surface area contributed by atoms with E-state index in [1.165, 1.54) is 28.6 Å². The molecule has 1 aromatic heterocycles. The van der Waals surface area contributed by atoms with E-state index in [0.29, 0.717) is 0 Å². The number of fused-ring (bicyclic) bond motifs is 2. The van der Waals surface area contributed by atoms with Gasteiger partial charge in [-0.25, -0.2) is 0 Å². The predicted molar refractivity (Wildman–Crippen MR) is 66.4 cm³/mol. The van der Waals surface area contributed by atoms with Gasteiger partial charge in [-0.15, -0.1) is 0 Å². The van der Waals surface area contributed by atoms with Crippen LogP contribution in [0.5, 0.6) is 0 Å². The van der Waals surface area contributed by atoms with E-state index in [4.69, 9.17) is 10.7 Å². The smallest absolute Gasteiger partial charge is 0.0708 e. The first-order chi connectivity index (χ1) is 7.77. The summed E-state index contributed by atoms with van der Waals surface area (Å²) in [5.41, 5.74) is 11.2. The molecule has 1 heterocycles. The van der Waals surface area contributed by atoms with Crippen LogP contribution in [0.1, 0.15) is 36.2 Å². The van der Waals surface area contributed by atoms with Crippen molar-refractivity contribution < 1.29 is 0 Å². The first kappa shape index (κ1) is 9.79. The third-order valence-electron chi connectivity index (χ3n) is 3.42. The molecule has 2 nitrogen and oxygen atoms in total. The number of rotatable bonds is 1. The van der Waals surface area contributed by atoms with Gasteiger partial charge in [0.05, 0.1) is 5.52 Å². The summed E-state index contributed by atoms with van der Waals surface area (Å²) in [5, 5.41) is 1.23. The Balaban J connectivity index is 2.41. The van der Waals surface area contributed by atoms with Crippen molar-refractivity contribution in [2.24, 2.45) is 5.73 Å². The molecule has 0 aliphatic heterocycles. The molecule has 0 fully saturated rings. The van der Waals surface area contributed by atoms with Crippen LogP contribution in [0.25, 0.3) is 10.9 Å². The molecule has 0 radical (unpaired) electrons. The van der Waals surface area contributed by atoms with E-state index in [1.54, 1.807) is 0 Å². The molecule has 0 saturated carbocycles. The number of aromatic nitrogens is 1. The molecule has 2 heteroatoms. The topological polar surface area (TPSA) is 38.9 Å². The molecule has 1 atom stereocenters. The van der Waals surface area contributed by atoms with Crippen LogP contribution in [0.3, 0.4) is 0 Å². The van der Waals surface area contributed by atoms with Crippen LogP contribution in [0.15, 0.2) is 24.3 Å². The largest absolute Gasteiger partial charge is 0.324 e. The Morgan fingerprint density at radius 1 is 1.25 bits per heavy atom. The van der Waals surface area contributed by atoms with E-state index >= 15 is 0 Å². The van der Waals surface area contributed by atoms with Gasteiger partial charge in [-0.3, -0.25) is 4.98 Å². The minimum atomic E-state index is 0.0970. The summed E-state index contributed by atoms with van der Waals surface area (Å²) in [6.45, 7) is 2.07. The maximum atomic E-state index is 6.13. The lowest BCUT2D eigenvalue weighted by Crippen LogP contribution is -2.10. The Labute approximate surface area is 95.5 Å². The molecular formula is C14H16N2. The minimum Gasteiger partial charge on any atom is -0.324 e. The number of nitrogens with two attached hydrogens (primary N) is 1. The third-order valence-corrected chi connectivity index (χ3v) is 3.42. The lowest BCUT2D eigenvalue weighted by Gasteiger charge is -2.15. The van der Waals surface area contributed by atoms with Crippen molar-refractivity contribution in [3.05, 3.63) is 41.1 Å². The van der Waals surface area contributed by atoms with Gasteiger partial charge in [-0.2, -0.15) is 0 Å². The van der Waals surface area contributed by atoms with E-state index in [9.17, 15) is 0 Å². The molecule has 1 aromatic carbocycles. The van der Waals surface area contributed by atoms with E-state index in [2.05, 4.69) is 25.1 Å². The van der Waals surface area contributed by atoms with Crippen LogP contribution in [-0.2, 0) is 12.8 Å². The van der Waals surface area contributed by atoms with Crippen LogP contribution in [0, 0.1) is 0 Å². The fourth-order valence-electron chi connectivity index (χ4n) is 2.77. The van der Waals surface area contributed by atoms with Gasteiger partial charge in [0.1, 0.15) is 0 Å². The van der Waals surface area contributed by atoms with Crippen molar-refractivity contribution >= 4 is 10.9 Å². The summed E-state index contributed by atoms with van der Waals surface area (Å²) in [4.78, 5) is 4.74. The molecule has 1 aliphatic rings. The number of pyridine rings is 1. The van der Waals surface area contributed by atoms with E-state index < -0.39 is 0 Å². The Bertz CT molecular complexity index is 544. The van der Waals surface area contributed by atoms with Crippen LogP contribution < -0.4 is 5.73 Å². The van der Waals surface area contributed by atoms with Gasteiger partial charge < -0.3 is 5.73 Å². The average Bonchev–Trinajstić information content (AvgIpc) is 2.72. The maximum Gasteiger partial charge on any atom is 0.0708 e. The Morgan fingerprint density at radius 3 is 2.88 bits per heavy atom. The molecule has 0 saturated heterocycles. The number of para-hydroxylation sites is 1. The van der Waals surface area contributed by atoms with Gasteiger partial charge in [-0.05, 0) is 43.4 Å². The quantitative estimate of drug-likeness (QED) is 0.789. The van der Waals surface area contributed by atoms with Crippen LogP contribution in [-0.4, -0.2) is 4.98 Å². The summed E-state index contributed by atoms with van der Waals surface area (Å²) < 4.78 is 0. The molecule has 1 unspecified atom stereocenters. The van der Waals surface area contributed by atoms with Crippen molar-refractivity contribution in [2.45, 2.75) is 32.2 Å². The molecule has 82 valence electrons. The van der Waals surface area contributed by atoms with Crippen LogP contribution in [0.4, 0.5) is 0 Å². The molecule has 2 N–H and O–H groups in total. The number of benzene rings is 1. The molecule has 0 spiro atoms. The summed E-state index contributed by atoms with van der Waals surface area (Å²) in [7, 11) is 0. The Hall–Kier alpha value is -1.41. The summed E-state index contributed by atoms with van der Waals surface area (Å²) >= 11 is 0. The van der Waals surface area contributed by atoms with Gasteiger partial charge in [0.25, 0.3) is 0 Å². The van der Waals surface area contributed by atoms with Gasteiger partial charge in [0, 0.05) is 17.1 Å². The summed E-state index contributed by atoms with van der Waals surface area (Å²) in [5.74, 6) is 0. The van der Waals surface area contributed by atoms with Crippen molar-refractivity contribution in [1.29, 1.82) is 0 Å². The number of hydrogen-bond acceptors (Lipinski definition) is 2. The molecule has 1 aliphatic carbocycles. The second kappa shape index (κ2) is 3.56. The zero-order valence-corrected chi connectivity index (χ0v) is 9.53. The Morgan fingerprint density at radius 2 is 2.06 bits per heavy atom. The lowest BCUT2D eigenvalue weighted by molar-refractivity contribution is 0.806. The van der Waals surface area contributed by atoms with Crippen molar-refractivity contribution in [2.75, 3.05) is 0 Å². The van der Waals surface area contributed by atoms with E-state index in [-0.39, 0.29) is 6.04 Å². The normalized spacial score (nSPS) is 16.4. The van der Waals surface area contributed by atoms with Crippen molar-refractivity contribution in [3.63, 3.8) is 0 Å². The molecule has 16 heavy (non-hydrogen) atoms. The van der Waals surface area contributed by atoms with Crippen LogP contribution >= 0.6 is 0 Å². The van der Waals surface area contributed by atoms with Gasteiger partial charge >= 0.3 is 0 Å². The fourth-order valence-corrected chi connectivity index (χ4v) is 2.77. The molecule has 2 aromatic rings. The minimum absolute atomic E-state index is 0.0970.